The Hall–Kier alpha value is -3.42. The van der Waals surface area contributed by atoms with E-state index < -0.39 is 17.7 Å². The van der Waals surface area contributed by atoms with Gasteiger partial charge in [0, 0.05) is 31.7 Å². The maximum absolute atomic E-state index is 13.2. The molecule has 7 nitrogen and oxygen atoms in total. The predicted octanol–water partition coefficient (Wildman–Crippen LogP) is 3.31. The van der Waals surface area contributed by atoms with Crippen LogP contribution in [0.5, 0.6) is 5.75 Å². The van der Waals surface area contributed by atoms with Crippen LogP contribution in [0, 0.1) is 6.92 Å². The monoisotopic (exact) mass is 462 g/mol. The van der Waals surface area contributed by atoms with Crippen molar-refractivity contribution in [1.29, 1.82) is 0 Å². The molecule has 4 rings (SSSR count). The minimum absolute atomic E-state index is 0.107. The van der Waals surface area contributed by atoms with Crippen molar-refractivity contribution in [1.82, 2.24) is 9.80 Å². The Morgan fingerprint density at radius 3 is 2.41 bits per heavy atom. The molecule has 0 bridgehead atoms. The number of benzene rings is 2. The lowest BCUT2D eigenvalue weighted by molar-refractivity contribution is -0.140. The third-order valence-electron chi connectivity index (χ3n) is 6.19. The van der Waals surface area contributed by atoms with E-state index in [9.17, 15) is 14.7 Å². The fraction of sp³-hybridized carbons (Fsp3) is 0.333. The van der Waals surface area contributed by atoms with Crippen molar-refractivity contribution < 1.29 is 24.2 Å². The molecule has 2 fully saturated rings. The van der Waals surface area contributed by atoms with Crippen molar-refractivity contribution in [2.75, 3.05) is 46.0 Å². The summed E-state index contributed by atoms with van der Waals surface area (Å²) in [7, 11) is 0. The molecule has 2 aromatic rings. The van der Waals surface area contributed by atoms with Gasteiger partial charge >= 0.3 is 0 Å². The summed E-state index contributed by atoms with van der Waals surface area (Å²) in [6, 6.07) is 13.9. The summed E-state index contributed by atoms with van der Waals surface area (Å²) in [6.07, 6.45) is 1.65. The number of aliphatic hydroxyl groups is 1. The first-order valence-electron chi connectivity index (χ1n) is 11.5. The van der Waals surface area contributed by atoms with E-state index in [2.05, 4.69) is 11.5 Å². The molecule has 0 unspecified atom stereocenters. The number of hydrogen-bond acceptors (Lipinski definition) is 6. The van der Waals surface area contributed by atoms with Crippen LogP contribution in [-0.2, 0) is 14.3 Å². The molecule has 2 aliphatic rings. The molecule has 0 radical (unpaired) electrons. The first-order valence-corrected chi connectivity index (χ1v) is 11.5. The fourth-order valence-corrected chi connectivity index (χ4v) is 4.30. The van der Waals surface area contributed by atoms with Gasteiger partial charge in [0.15, 0.2) is 0 Å². The number of rotatable bonds is 8. The molecule has 0 spiro atoms. The Morgan fingerprint density at radius 2 is 1.76 bits per heavy atom. The average molecular weight is 463 g/mol. The number of hydrogen-bond donors (Lipinski definition) is 1. The molecule has 178 valence electrons. The van der Waals surface area contributed by atoms with Crippen molar-refractivity contribution in [3.63, 3.8) is 0 Å². The number of carbonyl (C=O) groups is 2. The van der Waals surface area contributed by atoms with Gasteiger partial charge in [-0.15, -0.1) is 0 Å². The molecule has 0 saturated carbocycles. The molecule has 2 heterocycles. The lowest BCUT2D eigenvalue weighted by Gasteiger charge is -2.31. The van der Waals surface area contributed by atoms with Gasteiger partial charge in [0.2, 0.25) is 0 Å². The SMILES string of the molecule is C=CCOc1ccc(/C(O)=C2\C(=O)C(=O)N(CCN3CCOCC3)[C@H]2c2ccc(C)cc2)cc1. The molecule has 0 aromatic heterocycles. The number of amides is 1. The number of aliphatic hydroxyl groups excluding tert-OH is 1. The quantitative estimate of drug-likeness (QED) is 0.281. The van der Waals surface area contributed by atoms with Crippen LogP contribution in [0.2, 0.25) is 0 Å². The normalized spacial score (nSPS) is 20.5. The first-order chi connectivity index (χ1) is 16.5. The average Bonchev–Trinajstić information content (AvgIpc) is 3.12. The molecular weight excluding hydrogens is 432 g/mol. The number of morpholine rings is 1. The van der Waals surface area contributed by atoms with E-state index >= 15 is 0 Å². The van der Waals surface area contributed by atoms with Crippen LogP contribution in [0.25, 0.3) is 5.76 Å². The van der Waals surface area contributed by atoms with Gasteiger partial charge in [0.25, 0.3) is 11.7 Å². The Balaban J connectivity index is 1.68. The van der Waals surface area contributed by atoms with Crippen LogP contribution in [0.4, 0.5) is 0 Å². The Labute approximate surface area is 199 Å². The van der Waals surface area contributed by atoms with Gasteiger partial charge in [0.05, 0.1) is 24.8 Å². The van der Waals surface area contributed by atoms with Crippen LogP contribution in [0.3, 0.4) is 0 Å². The van der Waals surface area contributed by atoms with Crippen molar-refractivity contribution in [3.05, 3.63) is 83.4 Å². The maximum atomic E-state index is 13.2. The molecular formula is C27H30N2O5. The second-order valence-corrected chi connectivity index (χ2v) is 8.48. The van der Waals surface area contributed by atoms with Crippen molar-refractivity contribution in [2.24, 2.45) is 0 Å². The number of ketones is 1. The minimum Gasteiger partial charge on any atom is -0.507 e. The summed E-state index contributed by atoms with van der Waals surface area (Å²) in [5.41, 5.74) is 2.42. The molecule has 2 saturated heterocycles. The zero-order valence-electron chi connectivity index (χ0n) is 19.4. The highest BCUT2D eigenvalue weighted by atomic mass is 16.5. The van der Waals surface area contributed by atoms with Crippen molar-refractivity contribution >= 4 is 17.4 Å². The van der Waals surface area contributed by atoms with E-state index in [1.165, 1.54) is 0 Å². The minimum atomic E-state index is -0.669. The summed E-state index contributed by atoms with van der Waals surface area (Å²) in [4.78, 5) is 30.1. The topological polar surface area (TPSA) is 79.3 Å². The molecule has 1 amide bonds. The molecule has 0 aliphatic carbocycles. The Kier molecular flexibility index (Phi) is 7.45. The van der Waals surface area contributed by atoms with Crippen molar-refractivity contribution in [2.45, 2.75) is 13.0 Å². The van der Waals surface area contributed by atoms with E-state index in [0.29, 0.717) is 44.2 Å². The van der Waals surface area contributed by atoms with E-state index in [0.717, 1.165) is 24.2 Å². The van der Waals surface area contributed by atoms with Crippen LogP contribution >= 0.6 is 0 Å². The lowest BCUT2D eigenvalue weighted by Crippen LogP contribution is -2.42. The zero-order chi connectivity index (χ0) is 24.1. The van der Waals surface area contributed by atoms with Gasteiger partial charge in [-0.25, -0.2) is 0 Å². The largest absolute Gasteiger partial charge is 0.507 e. The van der Waals surface area contributed by atoms with Gasteiger partial charge < -0.3 is 19.5 Å². The maximum Gasteiger partial charge on any atom is 0.295 e. The van der Waals surface area contributed by atoms with Crippen molar-refractivity contribution in [3.8, 4) is 5.75 Å². The van der Waals surface area contributed by atoms with Gasteiger partial charge in [-0.3, -0.25) is 14.5 Å². The smallest absolute Gasteiger partial charge is 0.295 e. The number of nitrogens with zero attached hydrogens (tertiary/aromatic N) is 2. The van der Waals surface area contributed by atoms with E-state index in [1.54, 1.807) is 35.2 Å². The summed E-state index contributed by atoms with van der Waals surface area (Å²) < 4.78 is 10.9. The number of likely N-dealkylation sites (tertiary alicyclic amines) is 1. The molecule has 1 atom stereocenters. The van der Waals surface area contributed by atoms with Gasteiger partial charge in [-0.2, -0.15) is 0 Å². The molecule has 34 heavy (non-hydrogen) atoms. The standard InChI is InChI=1S/C27H30N2O5/c1-3-16-34-22-10-8-21(9-11-22)25(30)23-24(20-6-4-19(2)5-7-20)29(27(32)26(23)31)13-12-28-14-17-33-18-15-28/h3-11,24,30H,1,12-18H2,2H3/b25-23+/t24-/m0/s1. The number of carbonyl (C=O) groups excluding carboxylic acids is 2. The Bertz CT molecular complexity index is 1070. The highest BCUT2D eigenvalue weighted by Gasteiger charge is 2.46. The zero-order valence-corrected chi connectivity index (χ0v) is 19.4. The van der Waals surface area contributed by atoms with E-state index in [-0.39, 0.29) is 11.3 Å². The third kappa shape index (κ3) is 5.05. The number of aryl methyl sites for hydroxylation is 1. The first kappa shape index (κ1) is 23.7. The van der Waals surface area contributed by atoms with E-state index in [4.69, 9.17) is 9.47 Å². The molecule has 2 aromatic carbocycles. The van der Waals surface area contributed by atoms with Crippen LogP contribution < -0.4 is 4.74 Å². The summed E-state index contributed by atoms with van der Waals surface area (Å²) in [6.45, 7) is 9.89. The predicted molar refractivity (Wildman–Crippen MR) is 130 cm³/mol. The van der Waals surface area contributed by atoms with Gasteiger partial charge in [-0.05, 0) is 36.8 Å². The van der Waals surface area contributed by atoms with Crippen LogP contribution in [0.15, 0.2) is 66.8 Å². The van der Waals surface area contributed by atoms with E-state index in [1.807, 2.05) is 31.2 Å². The third-order valence-corrected chi connectivity index (χ3v) is 6.19. The Morgan fingerprint density at radius 1 is 1.09 bits per heavy atom. The fourth-order valence-electron chi connectivity index (χ4n) is 4.30. The van der Waals surface area contributed by atoms with Crippen LogP contribution in [-0.4, -0.2) is 72.6 Å². The highest BCUT2D eigenvalue weighted by Crippen LogP contribution is 2.39. The van der Waals surface area contributed by atoms with Gasteiger partial charge in [-0.1, -0.05) is 42.5 Å². The van der Waals surface area contributed by atoms with Gasteiger partial charge in [0.1, 0.15) is 18.1 Å². The lowest BCUT2D eigenvalue weighted by atomic mass is 9.94. The second-order valence-electron chi connectivity index (χ2n) is 8.48. The number of ether oxygens (including phenoxy) is 2. The highest BCUT2D eigenvalue weighted by molar-refractivity contribution is 6.46. The summed E-state index contributed by atoms with van der Waals surface area (Å²) in [5, 5.41) is 11.2. The molecule has 2 aliphatic heterocycles. The summed E-state index contributed by atoms with van der Waals surface area (Å²) in [5.74, 6) is -0.825. The number of Topliss-reactive ketones (excluding diaryl/α,β-unsaturated/α-hetero) is 1. The summed E-state index contributed by atoms with van der Waals surface area (Å²) >= 11 is 0. The molecule has 7 heteroatoms. The van der Waals surface area contributed by atoms with Crippen LogP contribution in [0.1, 0.15) is 22.7 Å². The second kappa shape index (κ2) is 10.7. The molecule has 1 N–H and O–H groups in total.